The van der Waals surface area contributed by atoms with Gasteiger partial charge in [0.1, 0.15) is 5.60 Å². The van der Waals surface area contributed by atoms with Crippen molar-refractivity contribution in [3.8, 4) is 0 Å². The smallest absolute Gasteiger partial charge is 0.103 e. The van der Waals surface area contributed by atoms with E-state index in [1.54, 1.807) is 0 Å². The molecule has 2 nitrogen and oxygen atoms in total. The molecule has 94 valence electrons. The highest BCUT2D eigenvalue weighted by molar-refractivity contribution is 6.30. The molecule has 0 aliphatic carbocycles. The maximum Gasteiger partial charge on any atom is 0.103 e. The molecule has 0 amide bonds. The number of hydrogen-bond acceptors (Lipinski definition) is 2. The summed E-state index contributed by atoms with van der Waals surface area (Å²) >= 11 is 5.87. The average Bonchev–Trinajstić information content (AvgIpc) is 2.70. The van der Waals surface area contributed by atoms with Crippen LogP contribution in [-0.2, 0) is 5.60 Å². The van der Waals surface area contributed by atoms with Crippen LogP contribution in [0.15, 0.2) is 24.3 Å². The second kappa shape index (κ2) is 5.38. The molecule has 17 heavy (non-hydrogen) atoms. The van der Waals surface area contributed by atoms with Crippen molar-refractivity contribution in [3.05, 3.63) is 34.9 Å². The zero-order valence-corrected chi connectivity index (χ0v) is 11.1. The minimum absolute atomic E-state index is 0.682. The molecule has 1 aliphatic heterocycles. The first-order chi connectivity index (χ1) is 8.14. The van der Waals surface area contributed by atoms with Gasteiger partial charge >= 0.3 is 0 Å². The maximum absolute atomic E-state index is 10.6. The van der Waals surface area contributed by atoms with Gasteiger partial charge in [-0.2, -0.15) is 0 Å². The Morgan fingerprint density at radius 1 is 1.35 bits per heavy atom. The summed E-state index contributed by atoms with van der Waals surface area (Å²) in [5, 5.41) is 11.4. The van der Waals surface area contributed by atoms with Gasteiger partial charge in [-0.05, 0) is 37.1 Å². The maximum atomic E-state index is 10.6. The van der Waals surface area contributed by atoms with Crippen LogP contribution >= 0.6 is 11.6 Å². The van der Waals surface area contributed by atoms with Crippen molar-refractivity contribution in [2.75, 3.05) is 19.6 Å². The molecule has 0 aromatic heterocycles. The Bertz CT molecular complexity index is 365. The summed E-state index contributed by atoms with van der Waals surface area (Å²) < 4.78 is 0. The minimum Gasteiger partial charge on any atom is -0.384 e. The van der Waals surface area contributed by atoms with Gasteiger partial charge in [0, 0.05) is 18.1 Å². The number of hydrogen-bond donors (Lipinski definition) is 1. The fraction of sp³-hybridized carbons (Fsp3) is 0.571. The fourth-order valence-electron chi connectivity index (χ4n) is 2.44. The summed E-state index contributed by atoms with van der Waals surface area (Å²) in [5.41, 5.74) is 0.305. The first-order valence-corrected chi connectivity index (χ1v) is 6.72. The van der Waals surface area contributed by atoms with Crippen LogP contribution in [0.5, 0.6) is 0 Å². The lowest BCUT2D eigenvalue weighted by Crippen LogP contribution is -2.31. The van der Waals surface area contributed by atoms with Gasteiger partial charge in [0.2, 0.25) is 0 Å². The van der Waals surface area contributed by atoms with Crippen LogP contribution in [0.2, 0.25) is 5.02 Å². The van der Waals surface area contributed by atoms with E-state index in [2.05, 4.69) is 11.8 Å². The van der Waals surface area contributed by atoms with Crippen molar-refractivity contribution in [2.24, 2.45) is 0 Å². The minimum atomic E-state index is -0.682. The van der Waals surface area contributed by atoms with Crippen LogP contribution in [0.25, 0.3) is 0 Å². The van der Waals surface area contributed by atoms with E-state index in [9.17, 15) is 5.11 Å². The molecule has 0 radical (unpaired) electrons. The Labute approximate surface area is 108 Å². The third-order valence-electron chi connectivity index (χ3n) is 3.54. The molecular formula is C14H20ClNO. The van der Waals surface area contributed by atoms with Gasteiger partial charge in [-0.1, -0.05) is 37.1 Å². The molecule has 0 spiro atoms. The number of nitrogens with zero attached hydrogens (tertiary/aromatic N) is 1. The molecule has 1 N–H and O–H groups in total. The van der Waals surface area contributed by atoms with Gasteiger partial charge in [-0.3, -0.25) is 0 Å². The SMILES string of the molecule is CCCCN1CCC(O)(c2ccc(Cl)cc2)C1. The summed E-state index contributed by atoms with van der Waals surface area (Å²) in [4.78, 5) is 2.35. The largest absolute Gasteiger partial charge is 0.384 e. The lowest BCUT2D eigenvalue weighted by molar-refractivity contribution is 0.0460. The lowest BCUT2D eigenvalue weighted by Gasteiger charge is -2.24. The van der Waals surface area contributed by atoms with Gasteiger partial charge in [-0.25, -0.2) is 0 Å². The predicted molar refractivity (Wildman–Crippen MR) is 71.3 cm³/mol. The summed E-state index contributed by atoms with van der Waals surface area (Å²) in [7, 11) is 0. The Morgan fingerprint density at radius 2 is 2.06 bits per heavy atom. The van der Waals surface area contributed by atoms with Crippen LogP contribution in [0.3, 0.4) is 0 Å². The highest BCUT2D eigenvalue weighted by atomic mass is 35.5. The van der Waals surface area contributed by atoms with Crippen molar-refractivity contribution in [1.82, 2.24) is 4.90 Å². The zero-order chi connectivity index (χ0) is 12.3. The van der Waals surface area contributed by atoms with Gasteiger partial charge in [0.05, 0.1) is 0 Å². The second-order valence-corrected chi connectivity index (χ2v) is 5.35. The highest BCUT2D eigenvalue weighted by Gasteiger charge is 2.37. The van der Waals surface area contributed by atoms with Crippen LogP contribution in [0.4, 0.5) is 0 Å². The summed E-state index contributed by atoms with van der Waals surface area (Å²) in [6, 6.07) is 7.57. The van der Waals surface area contributed by atoms with E-state index in [1.807, 2.05) is 24.3 Å². The van der Waals surface area contributed by atoms with Gasteiger partial charge < -0.3 is 10.0 Å². The fourth-order valence-corrected chi connectivity index (χ4v) is 2.57. The van der Waals surface area contributed by atoms with Gasteiger partial charge in [-0.15, -0.1) is 0 Å². The quantitative estimate of drug-likeness (QED) is 0.892. The highest BCUT2D eigenvalue weighted by Crippen LogP contribution is 2.32. The van der Waals surface area contributed by atoms with E-state index in [4.69, 9.17) is 11.6 Å². The van der Waals surface area contributed by atoms with Gasteiger partial charge in [0.15, 0.2) is 0 Å². The Morgan fingerprint density at radius 3 is 2.71 bits per heavy atom. The second-order valence-electron chi connectivity index (χ2n) is 4.92. The molecule has 1 aromatic carbocycles. The molecule has 0 saturated carbocycles. The Hall–Kier alpha value is -0.570. The first kappa shape index (κ1) is 12.9. The van der Waals surface area contributed by atoms with Crippen LogP contribution in [0.1, 0.15) is 31.7 Å². The molecule has 1 fully saturated rings. The molecule has 1 atom stereocenters. The van der Waals surface area contributed by atoms with E-state index in [0.717, 1.165) is 36.6 Å². The topological polar surface area (TPSA) is 23.5 Å². The number of benzene rings is 1. The zero-order valence-electron chi connectivity index (χ0n) is 10.3. The standard InChI is InChI=1S/C14H20ClNO/c1-2-3-9-16-10-8-14(17,11-16)12-4-6-13(15)7-5-12/h4-7,17H,2-3,8-11H2,1H3. The lowest BCUT2D eigenvalue weighted by atomic mass is 9.93. The Balaban J connectivity index is 2.03. The molecule has 0 bridgehead atoms. The van der Waals surface area contributed by atoms with Gasteiger partial charge in [0.25, 0.3) is 0 Å². The number of likely N-dealkylation sites (tertiary alicyclic amines) is 1. The number of β-amino-alcohol motifs (C(OH)–C–C–N with tert-alkyl or cyclic N) is 1. The van der Waals surface area contributed by atoms with Crippen molar-refractivity contribution in [3.63, 3.8) is 0 Å². The van der Waals surface area contributed by atoms with Crippen molar-refractivity contribution >= 4 is 11.6 Å². The average molecular weight is 254 g/mol. The van der Waals surface area contributed by atoms with E-state index < -0.39 is 5.60 Å². The van der Waals surface area contributed by atoms with Crippen LogP contribution in [-0.4, -0.2) is 29.6 Å². The van der Waals surface area contributed by atoms with E-state index in [0.29, 0.717) is 0 Å². The predicted octanol–water partition coefficient (Wildman–Crippen LogP) is 3.03. The third-order valence-corrected chi connectivity index (χ3v) is 3.79. The number of rotatable bonds is 4. The number of unbranched alkanes of at least 4 members (excludes halogenated alkanes) is 1. The third kappa shape index (κ3) is 3.01. The van der Waals surface area contributed by atoms with Crippen LogP contribution < -0.4 is 0 Å². The molecule has 1 saturated heterocycles. The molecule has 2 rings (SSSR count). The normalized spacial score (nSPS) is 25.4. The molecular weight excluding hydrogens is 234 g/mol. The summed E-state index contributed by atoms with van der Waals surface area (Å²) in [6.45, 7) is 5.02. The monoisotopic (exact) mass is 253 g/mol. The van der Waals surface area contributed by atoms with E-state index in [-0.39, 0.29) is 0 Å². The van der Waals surface area contributed by atoms with E-state index in [1.165, 1.54) is 12.8 Å². The van der Waals surface area contributed by atoms with Crippen molar-refractivity contribution < 1.29 is 5.11 Å². The molecule has 1 aromatic rings. The van der Waals surface area contributed by atoms with Crippen molar-refractivity contribution in [2.45, 2.75) is 31.8 Å². The molecule has 1 aliphatic rings. The Kier molecular flexibility index (Phi) is 4.08. The number of aliphatic hydroxyl groups is 1. The first-order valence-electron chi connectivity index (χ1n) is 6.35. The van der Waals surface area contributed by atoms with Crippen molar-refractivity contribution in [1.29, 1.82) is 0 Å². The van der Waals surface area contributed by atoms with Crippen LogP contribution in [0, 0.1) is 0 Å². The molecule has 1 unspecified atom stereocenters. The molecule has 1 heterocycles. The summed E-state index contributed by atoms with van der Waals surface area (Å²) in [6.07, 6.45) is 3.23. The number of halogens is 1. The molecule has 3 heteroatoms. The summed E-state index contributed by atoms with van der Waals surface area (Å²) in [5.74, 6) is 0. The van der Waals surface area contributed by atoms with E-state index >= 15 is 0 Å².